The van der Waals surface area contributed by atoms with Crippen LogP contribution in [0.15, 0.2) is 16.1 Å². The molecule has 0 spiro atoms. The molecule has 9 heteroatoms. The van der Waals surface area contributed by atoms with E-state index in [1.165, 1.54) is 4.57 Å². The minimum atomic E-state index is -0.601. The Balaban J connectivity index is 2.34. The maximum Gasteiger partial charge on any atom is 0.328 e. The monoisotopic (exact) mass is 283 g/mol. The molecular weight excluding hydrogens is 270 g/mol. The number of nitrogens with one attached hydrogen (secondary N) is 1. The minimum absolute atomic E-state index is 0.267. The lowest BCUT2D eigenvalue weighted by Gasteiger charge is -2.15. The predicted octanol–water partition coefficient (Wildman–Crippen LogP) is 1.17. The molecule has 1 saturated heterocycles. The maximum atomic E-state index is 11.8. The highest BCUT2D eigenvalue weighted by Gasteiger charge is 2.35. The normalized spacial score (nSPS) is 26.1. The van der Waals surface area contributed by atoms with E-state index in [0.29, 0.717) is 11.1 Å². The van der Waals surface area contributed by atoms with Crippen molar-refractivity contribution in [2.24, 2.45) is 5.11 Å². The zero-order valence-electron chi connectivity index (χ0n) is 10.2. The van der Waals surface area contributed by atoms with Crippen molar-refractivity contribution in [3.8, 4) is 0 Å². The quantitative estimate of drug-likeness (QED) is 0.375. The highest BCUT2D eigenvalue weighted by atomic mass is 32.1. The molecule has 1 unspecified atom stereocenters. The van der Waals surface area contributed by atoms with Gasteiger partial charge in [-0.3, -0.25) is 9.55 Å². The van der Waals surface area contributed by atoms with Crippen molar-refractivity contribution in [1.82, 2.24) is 9.55 Å². The number of aryl methyl sites for hydroxylation is 1. The first kappa shape index (κ1) is 13.8. The molecule has 2 heterocycles. The van der Waals surface area contributed by atoms with Crippen molar-refractivity contribution in [1.29, 1.82) is 0 Å². The van der Waals surface area contributed by atoms with Gasteiger partial charge in [0.1, 0.15) is 10.9 Å². The molecule has 0 aliphatic carbocycles. The average molecular weight is 283 g/mol. The highest BCUT2D eigenvalue weighted by molar-refractivity contribution is 7.71. The number of rotatable bonds is 3. The number of azide groups is 1. The van der Waals surface area contributed by atoms with E-state index in [1.54, 1.807) is 13.1 Å². The molecule has 1 aliphatic heterocycles. The molecule has 0 radical (unpaired) electrons. The fraction of sp³-hybridized carbons (Fsp3) is 0.600. The molecular formula is C10H13N5O3S. The number of ether oxygens (including phenoxy) is 1. The van der Waals surface area contributed by atoms with Gasteiger partial charge in [0.05, 0.1) is 18.8 Å². The van der Waals surface area contributed by atoms with Crippen LogP contribution in [0.2, 0.25) is 0 Å². The van der Waals surface area contributed by atoms with Gasteiger partial charge in [0.25, 0.3) is 0 Å². The number of aromatic nitrogens is 2. The second-order valence-electron chi connectivity index (χ2n) is 4.30. The first-order valence-corrected chi connectivity index (χ1v) is 6.10. The Kier molecular flexibility index (Phi) is 4.01. The molecule has 1 aromatic heterocycles. The zero-order valence-corrected chi connectivity index (χ0v) is 11.0. The van der Waals surface area contributed by atoms with Crippen molar-refractivity contribution in [2.75, 3.05) is 6.61 Å². The Bertz CT molecular complexity index is 633. The van der Waals surface area contributed by atoms with Crippen LogP contribution in [0.4, 0.5) is 0 Å². The lowest BCUT2D eigenvalue weighted by molar-refractivity contribution is -0.0271. The predicted molar refractivity (Wildman–Crippen MR) is 69.2 cm³/mol. The van der Waals surface area contributed by atoms with E-state index >= 15 is 0 Å². The molecule has 0 saturated carbocycles. The van der Waals surface area contributed by atoms with Crippen LogP contribution in [0.1, 0.15) is 18.2 Å². The van der Waals surface area contributed by atoms with E-state index in [-0.39, 0.29) is 12.3 Å². The number of aromatic amines is 1. The van der Waals surface area contributed by atoms with Crippen molar-refractivity contribution >= 4 is 12.2 Å². The average Bonchev–Trinajstić information content (AvgIpc) is 2.77. The van der Waals surface area contributed by atoms with Gasteiger partial charge < -0.3 is 9.84 Å². The molecule has 102 valence electrons. The molecule has 1 aliphatic rings. The third-order valence-corrected chi connectivity index (χ3v) is 3.46. The topological polar surface area (TPSA) is 116 Å². The summed E-state index contributed by atoms with van der Waals surface area (Å²) in [4.78, 5) is 17.1. The van der Waals surface area contributed by atoms with E-state index in [4.69, 9.17) is 22.5 Å². The number of aliphatic hydroxyl groups excluding tert-OH is 1. The first-order chi connectivity index (χ1) is 9.06. The molecule has 0 aromatic carbocycles. The van der Waals surface area contributed by atoms with E-state index in [2.05, 4.69) is 15.0 Å². The number of hydrogen-bond donors (Lipinski definition) is 2. The summed E-state index contributed by atoms with van der Waals surface area (Å²) >= 11 is 4.97. The van der Waals surface area contributed by atoms with Crippen LogP contribution in [0.3, 0.4) is 0 Å². The van der Waals surface area contributed by atoms with E-state index < -0.39 is 18.4 Å². The molecule has 3 atom stereocenters. The maximum absolute atomic E-state index is 11.8. The van der Waals surface area contributed by atoms with Gasteiger partial charge in [-0.2, -0.15) is 0 Å². The molecule has 0 bridgehead atoms. The Morgan fingerprint density at radius 1 is 1.79 bits per heavy atom. The summed E-state index contributed by atoms with van der Waals surface area (Å²) in [5, 5.41) is 12.7. The van der Waals surface area contributed by atoms with Crippen molar-refractivity contribution < 1.29 is 9.84 Å². The fourth-order valence-corrected chi connectivity index (χ4v) is 2.18. The SMILES string of the molecule is Cc1cn([C@H]2CC(N=[N+]=[N-])[C@@H](CO)O2)c(=O)[nH]c1=S. The highest BCUT2D eigenvalue weighted by Crippen LogP contribution is 2.29. The Morgan fingerprint density at radius 2 is 2.53 bits per heavy atom. The van der Waals surface area contributed by atoms with Crippen LogP contribution in [-0.2, 0) is 4.74 Å². The Morgan fingerprint density at radius 3 is 3.16 bits per heavy atom. The van der Waals surface area contributed by atoms with Gasteiger partial charge in [0, 0.05) is 23.1 Å². The molecule has 2 rings (SSSR count). The summed E-state index contributed by atoms with van der Waals surface area (Å²) in [6.45, 7) is 1.51. The van der Waals surface area contributed by atoms with Crippen LogP contribution < -0.4 is 5.69 Å². The van der Waals surface area contributed by atoms with Gasteiger partial charge in [0.15, 0.2) is 0 Å². The van der Waals surface area contributed by atoms with E-state index in [0.717, 1.165) is 5.56 Å². The number of H-pyrrole nitrogens is 1. The fourth-order valence-electron chi connectivity index (χ4n) is 2.04. The second-order valence-corrected chi connectivity index (χ2v) is 4.71. The minimum Gasteiger partial charge on any atom is -0.394 e. The largest absolute Gasteiger partial charge is 0.394 e. The van der Waals surface area contributed by atoms with Crippen molar-refractivity contribution in [3.05, 3.63) is 37.3 Å². The van der Waals surface area contributed by atoms with E-state index in [9.17, 15) is 9.90 Å². The van der Waals surface area contributed by atoms with Gasteiger partial charge in [0.2, 0.25) is 0 Å². The number of aliphatic hydroxyl groups is 1. The smallest absolute Gasteiger partial charge is 0.328 e. The van der Waals surface area contributed by atoms with Gasteiger partial charge >= 0.3 is 5.69 Å². The van der Waals surface area contributed by atoms with Crippen LogP contribution >= 0.6 is 12.2 Å². The number of nitrogens with zero attached hydrogens (tertiary/aromatic N) is 4. The van der Waals surface area contributed by atoms with Crippen molar-refractivity contribution in [2.45, 2.75) is 31.7 Å². The number of hydrogen-bond acceptors (Lipinski definition) is 5. The summed E-state index contributed by atoms with van der Waals surface area (Å²) in [6, 6.07) is -0.490. The molecule has 1 aromatic rings. The molecule has 19 heavy (non-hydrogen) atoms. The Labute approximate surface area is 113 Å². The summed E-state index contributed by atoms with van der Waals surface area (Å²) in [6.07, 6.45) is 0.750. The summed E-state index contributed by atoms with van der Waals surface area (Å²) in [5.41, 5.74) is 8.82. The zero-order chi connectivity index (χ0) is 14.0. The third-order valence-electron chi connectivity index (χ3n) is 3.04. The van der Waals surface area contributed by atoms with Gasteiger partial charge in [-0.15, -0.1) is 0 Å². The molecule has 1 fully saturated rings. The van der Waals surface area contributed by atoms with Gasteiger partial charge in [-0.05, 0) is 12.5 Å². The van der Waals surface area contributed by atoms with Crippen LogP contribution in [0, 0.1) is 11.6 Å². The lowest BCUT2D eigenvalue weighted by Crippen LogP contribution is -2.28. The standard InChI is InChI=1S/C10H13N5O3S/c1-5-3-15(10(17)12-9(5)19)8-2-6(13-14-11)7(4-16)18-8/h3,6-8,16H,2,4H2,1H3,(H,12,17,19)/t6?,7-,8-/m1/s1. The Hall–Kier alpha value is -1.67. The second kappa shape index (κ2) is 5.54. The van der Waals surface area contributed by atoms with Crippen LogP contribution in [-0.4, -0.2) is 33.4 Å². The molecule has 2 N–H and O–H groups in total. The first-order valence-electron chi connectivity index (χ1n) is 5.69. The summed E-state index contributed by atoms with van der Waals surface area (Å²) in [5.74, 6) is 0. The van der Waals surface area contributed by atoms with Crippen LogP contribution in [0.25, 0.3) is 10.4 Å². The molecule has 0 amide bonds. The van der Waals surface area contributed by atoms with E-state index in [1.807, 2.05) is 0 Å². The van der Waals surface area contributed by atoms with Gasteiger partial charge in [-0.25, -0.2) is 4.79 Å². The van der Waals surface area contributed by atoms with Crippen molar-refractivity contribution in [3.63, 3.8) is 0 Å². The lowest BCUT2D eigenvalue weighted by atomic mass is 10.1. The summed E-state index contributed by atoms with van der Waals surface area (Å²) in [7, 11) is 0. The third kappa shape index (κ3) is 2.69. The molecule has 8 nitrogen and oxygen atoms in total. The van der Waals surface area contributed by atoms with Gasteiger partial charge in [-0.1, -0.05) is 17.3 Å². The summed E-state index contributed by atoms with van der Waals surface area (Å²) < 4.78 is 7.27. The van der Waals surface area contributed by atoms with Crippen LogP contribution in [0.5, 0.6) is 0 Å².